The lowest BCUT2D eigenvalue weighted by molar-refractivity contribution is -0.104. The van der Waals surface area contributed by atoms with E-state index in [0.717, 1.165) is 45.6 Å². The van der Waals surface area contributed by atoms with E-state index in [0.29, 0.717) is 0 Å². The summed E-state index contributed by atoms with van der Waals surface area (Å²) in [5.74, 6) is 0. The molecule has 0 aromatic heterocycles. The largest absolute Gasteiger partial charge is 0.387 e. The van der Waals surface area contributed by atoms with Crippen molar-refractivity contribution in [3.05, 3.63) is 0 Å². The summed E-state index contributed by atoms with van der Waals surface area (Å²) >= 11 is 0. The van der Waals surface area contributed by atoms with Gasteiger partial charge in [0.15, 0.2) is 0 Å². The summed E-state index contributed by atoms with van der Waals surface area (Å²) < 4.78 is 5.73. The zero-order chi connectivity index (χ0) is 12.5. The molecule has 2 fully saturated rings. The predicted molar refractivity (Wildman–Crippen MR) is 68.1 cm³/mol. The number of morpholine rings is 1. The van der Waals surface area contributed by atoms with Gasteiger partial charge in [-0.15, -0.1) is 0 Å². The Labute approximate surface area is 105 Å². The van der Waals surface area contributed by atoms with Crippen LogP contribution in [0.1, 0.15) is 26.7 Å². The molecule has 4 nitrogen and oxygen atoms in total. The van der Waals surface area contributed by atoms with Crippen LogP contribution in [0.15, 0.2) is 0 Å². The van der Waals surface area contributed by atoms with Crippen LogP contribution in [0.2, 0.25) is 0 Å². The fourth-order valence-corrected chi connectivity index (χ4v) is 3.30. The molecule has 2 heterocycles. The molecule has 4 heteroatoms. The van der Waals surface area contributed by atoms with Crippen LogP contribution in [0, 0.1) is 0 Å². The van der Waals surface area contributed by atoms with Gasteiger partial charge >= 0.3 is 0 Å². The fraction of sp³-hybridized carbons (Fsp3) is 1.00. The normalized spacial score (nSPS) is 41.6. The number of piperidine rings is 1. The van der Waals surface area contributed by atoms with Crippen molar-refractivity contribution < 1.29 is 9.84 Å². The van der Waals surface area contributed by atoms with E-state index in [9.17, 15) is 5.11 Å². The molecule has 0 bridgehead atoms. The standard InChI is InChI=1S/C13H26N2O2/c1-11-7-15(8-12(2)17-11)10-13(16)5-4-6-14(3)9-13/h11-12,16H,4-10H2,1-3H3. The van der Waals surface area contributed by atoms with Crippen LogP contribution >= 0.6 is 0 Å². The average molecular weight is 242 g/mol. The second-order valence-electron chi connectivity index (χ2n) is 6.02. The highest BCUT2D eigenvalue weighted by atomic mass is 16.5. The number of ether oxygens (including phenoxy) is 1. The summed E-state index contributed by atoms with van der Waals surface area (Å²) in [5, 5.41) is 10.6. The smallest absolute Gasteiger partial charge is 0.0900 e. The molecule has 100 valence electrons. The third-order valence-electron chi connectivity index (χ3n) is 3.76. The van der Waals surface area contributed by atoms with Crippen LogP contribution in [-0.2, 0) is 4.74 Å². The second kappa shape index (κ2) is 5.22. The maximum Gasteiger partial charge on any atom is 0.0900 e. The first-order chi connectivity index (χ1) is 7.97. The van der Waals surface area contributed by atoms with E-state index in [1.165, 1.54) is 0 Å². The molecule has 0 amide bonds. The van der Waals surface area contributed by atoms with E-state index >= 15 is 0 Å². The van der Waals surface area contributed by atoms with Gasteiger partial charge in [0.25, 0.3) is 0 Å². The molecule has 1 N–H and O–H groups in total. The van der Waals surface area contributed by atoms with Crippen molar-refractivity contribution in [2.45, 2.75) is 44.5 Å². The van der Waals surface area contributed by atoms with Crippen molar-refractivity contribution in [1.29, 1.82) is 0 Å². The molecule has 3 atom stereocenters. The maximum atomic E-state index is 10.6. The number of likely N-dealkylation sites (tertiary alicyclic amines) is 1. The van der Waals surface area contributed by atoms with Gasteiger partial charge in [0.1, 0.15) is 0 Å². The number of rotatable bonds is 2. The number of aliphatic hydroxyl groups is 1. The molecule has 0 aliphatic carbocycles. The second-order valence-corrected chi connectivity index (χ2v) is 6.02. The summed E-state index contributed by atoms with van der Waals surface area (Å²) in [6, 6.07) is 0. The number of nitrogens with zero attached hydrogens (tertiary/aromatic N) is 2. The lowest BCUT2D eigenvalue weighted by Gasteiger charge is -2.43. The summed E-state index contributed by atoms with van der Waals surface area (Å²) in [6.45, 7) is 8.80. The third-order valence-corrected chi connectivity index (χ3v) is 3.76. The van der Waals surface area contributed by atoms with Gasteiger partial charge in [0.2, 0.25) is 0 Å². The molecule has 2 rings (SSSR count). The number of likely N-dealkylation sites (N-methyl/N-ethyl adjacent to an activating group) is 1. The maximum absolute atomic E-state index is 10.6. The van der Waals surface area contributed by atoms with Crippen molar-refractivity contribution in [2.24, 2.45) is 0 Å². The molecule has 0 aromatic rings. The highest BCUT2D eigenvalue weighted by molar-refractivity contribution is 4.90. The third kappa shape index (κ3) is 3.65. The average Bonchev–Trinajstić information content (AvgIpc) is 2.13. The van der Waals surface area contributed by atoms with E-state index in [1.54, 1.807) is 0 Å². The minimum atomic E-state index is -0.524. The van der Waals surface area contributed by atoms with E-state index < -0.39 is 5.60 Å². The number of hydrogen-bond acceptors (Lipinski definition) is 4. The molecule has 17 heavy (non-hydrogen) atoms. The molecule has 3 unspecified atom stereocenters. The Morgan fingerprint density at radius 3 is 2.53 bits per heavy atom. The Kier molecular flexibility index (Phi) is 4.08. The van der Waals surface area contributed by atoms with Crippen molar-refractivity contribution in [3.63, 3.8) is 0 Å². The van der Waals surface area contributed by atoms with Gasteiger partial charge in [-0.3, -0.25) is 4.90 Å². The Balaban J connectivity index is 1.90. The van der Waals surface area contributed by atoms with E-state index in [1.807, 2.05) is 0 Å². The van der Waals surface area contributed by atoms with Crippen LogP contribution in [0.3, 0.4) is 0 Å². The minimum absolute atomic E-state index is 0.281. The van der Waals surface area contributed by atoms with Crippen molar-refractivity contribution in [3.8, 4) is 0 Å². The Morgan fingerprint density at radius 1 is 1.29 bits per heavy atom. The highest BCUT2D eigenvalue weighted by Gasteiger charge is 2.35. The van der Waals surface area contributed by atoms with Crippen molar-refractivity contribution in [1.82, 2.24) is 9.80 Å². The van der Waals surface area contributed by atoms with E-state index in [4.69, 9.17) is 4.74 Å². The molecule has 2 aliphatic heterocycles. The molecule has 0 radical (unpaired) electrons. The van der Waals surface area contributed by atoms with Gasteiger partial charge < -0.3 is 14.7 Å². The van der Waals surface area contributed by atoms with Crippen LogP contribution in [0.5, 0.6) is 0 Å². The zero-order valence-corrected chi connectivity index (χ0v) is 11.4. The molecular weight excluding hydrogens is 216 g/mol. The van der Waals surface area contributed by atoms with Gasteiger partial charge in [-0.05, 0) is 40.3 Å². The van der Waals surface area contributed by atoms with Gasteiger partial charge in [-0.2, -0.15) is 0 Å². The van der Waals surface area contributed by atoms with Crippen molar-refractivity contribution in [2.75, 3.05) is 39.8 Å². The molecular formula is C13H26N2O2. The highest BCUT2D eigenvalue weighted by Crippen LogP contribution is 2.23. The lowest BCUT2D eigenvalue weighted by Crippen LogP contribution is -2.57. The van der Waals surface area contributed by atoms with Gasteiger partial charge in [-0.1, -0.05) is 0 Å². The van der Waals surface area contributed by atoms with Gasteiger partial charge in [-0.25, -0.2) is 0 Å². The van der Waals surface area contributed by atoms with Crippen LogP contribution in [0.4, 0.5) is 0 Å². The molecule has 2 saturated heterocycles. The Morgan fingerprint density at radius 2 is 1.94 bits per heavy atom. The minimum Gasteiger partial charge on any atom is -0.387 e. The summed E-state index contributed by atoms with van der Waals surface area (Å²) in [5.41, 5.74) is -0.524. The SMILES string of the molecule is CC1CN(CC2(O)CCCN(C)C2)CC(C)O1. The van der Waals surface area contributed by atoms with E-state index in [-0.39, 0.29) is 12.2 Å². The van der Waals surface area contributed by atoms with Crippen LogP contribution < -0.4 is 0 Å². The monoisotopic (exact) mass is 242 g/mol. The van der Waals surface area contributed by atoms with E-state index in [2.05, 4.69) is 30.7 Å². The molecule has 0 saturated carbocycles. The summed E-state index contributed by atoms with van der Waals surface area (Å²) in [6.07, 6.45) is 2.59. The number of β-amino-alcohol motifs (C(OH)–C–C–N with tert-alkyl or cyclic N) is 1. The molecule has 2 aliphatic rings. The molecule has 0 aromatic carbocycles. The van der Waals surface area contributed by atoms with Crippen LogP contribution in [-0.4, -0.2) is 72.5 Å². The first kappa shape index (κ1) is 13.3. The summed E-state index contributed by atoms with van der Waals surface area (Å²) in [4.78, 5) is 4.59. The predicted octanol–water partition coefficient (Wildman–Crippen LogP) is 0.552. The fourth-order valence-electron chi connectivity index (χ4n) is 3.30. The summed E-state index contributed by atoms with van der Waals surface area (Å²) in [7, 11) is 2.09. The first-order valence-corrected chi connectivity index (χ1v) is 6.76. The van der Waals surface area contributed by atoms with Gasteiger partial charge in [0, 0.05) is 26.2 Å². The lowest BCUT2D eigenvalue weighted by atomic mass is 9.92. The molecule has 0 spiro atoms. The number of hydrogen-bond donors (Lipinski definition) is 1. The quantitative estimate of drug-likeness (QED) is 0.767. The zero-order valence-electron chi connectivity index (χ0n) is 11.4. The van der Waals surface area contributed by atoms with Crippen molar-refractivity contribution >= 4 is 0 Å². The Bertz CT molecular complexity index is 252. The van der Waals surface area contributed by atoms with Gasteiger partial charge in [0.05, 0.1) is 17.8 Å². The first-order valence-electron chi connectivity index (χ1n) is 6.76. The van der Waals surface area contributed by atoms with Crippen LogP contribution in [0.25, 0.3) is 0 Å². The Hall–Kier alpha value is -0.160. The topological polar surface area (TPSA) is 35.9 Å².